The topological polar surface area (TPSA) is 70.2 Å². The Bertz CT molecular complexity index is 672. The fourth-order valence-electron chi connectivity index (χ4n) is 2.50. The van der Waals surface area contributed by atoms with Gasteiger partial charge in [0.2, 0.25) is 0 Å². The third-order valence-corrected chi connectivity index (χ3v) is 4.58. The molecule has 2 aromatic rings. The van der Waals surface area contributed by atoms with Gasteiger partial charge in [-0.1, -0.05) is 23.5 Å². The molecular formula is C16H19N5OS. The lowest BCUT2D eigenvalue weighted by Gasteiger charge is -2.17. The van der Waals surface area contributed by atoms with Gasteiger partial charge >= 0.3 is 0 Å². The molecule has 0 spiro atoms. The van der Waals surface area contributed by atoms with Crippen LogP contribution in [0.5, 0.6) is 0 Å². The molecule has 0 unspecified atom stereocenters. The summed E-state index contributed by atoms with van der Waals surface area (Å²) in [5.41, 5.74) is 0. The number of carbonyl (C=O) groups excluding carboxylic acids is 1. The number of amides is 1. The number of nitrogens with one attached hydrogen (secondary N) is 2. The Balaban J connectivity index is 1.54. The smallest absolute Gasteiger partial charge is 0.263 e. The summed E-state index contributed by atoms with van der Waals surface area (Å²) in [4.78, 5) is 23.7. The summed E-state index contributed by atoms with van der Waals surface area (Å²) in [7, 11) is 0. The third kappa shape index (κ3) is 3.87. The number of pyridine rings is 1. The number of carbonyl (C=O) groups is 1. The lowest BCUT2D eigenvalue weighted by molar-refractivity contribution is 0.0944. The van der Waals surface area contributed by atoms with Crippen LogP contribution in [0, 0.1) is 0 Å². The molecule has 1 atom stereocenters. The highest BCUT2D eigenvalue weighted by molar-refractivity contribution is 7.17. The third-order valence-electron chi connectivity index (χ3n) is 3.62. The zero-order chi connectivity index (χ0) is 16.1. The summed E-state index contributed by atoms with van der Waals surface area (Å²) in [6, 6.07) is 6.01. The van der Waals surface area contributed by atoms with Gasteiger partial charge in [0.15, 0.2) is 5.13 Å². The standard InChI is InChI=1S/C16H19N5OS/c1-2-7-18-16-19-10-13(23-16)15(22)20-12-6-9-21(11-12)14-5-3-4-8-17-14/h2-5,8,10,12H,1,6-7,9,11H2,(H,18,19)(H,20,22)/t12-/m1/s1. The number of anilines is 2. The van der Waals surface area contributed by atoms with E-state index in [2.05, 4.69) is 32.1 Å². The van der Waals surface area contributed by atoms with Gasteiger partial charge in [-0.05, 0) is 18.6 Å². The Morgan fingerprint density at radius 3 is 3.17 bits per heavy atom. The molecule has 1 aliphatic rings. The van der Waals surface area contributed by atoms with Crippen LogP contribution in [0.1, 0.15) is 16.1 Å². The maximum atomic E-state index is 12.3. The Morgan fingerprint density at radius 2 is 2.39 bits per heavy atom. The molecule has 2 aromatic heterocycles. The van der Waals surface area contributed by atoms with Crippen LogP contribution in [-0.2, 0) is 0 Å². The van der Waals surface area contributed by atoms with Crippen LogP contribution in [0.4, 0.5) is 10.9 Å². The molecule has 120 valence electrons. The SMILES string of the molecule is C=CCNc1ncc(C(=O)N[C@@H]2CCN(c3ccccn3)C2)s1. The number of aromatic nitrogens is 2. The number of hydrogen-bond donors (Lipinski definition) is 2. The summed E-state index contributed by atoms with van der Waals surface area (Å²) in [5, 5.41) is 6.90. The van der Waals surface area contributed by atoms with E-state index in [4.69, 9.17) is 0 Å². The van der Waals surface area contributed by atoms with Crippen LogP contribution in [0.25, 0.3) is 0 Å². The second-order valence-corrected chi connectivity index (χ2v) is 6.32. The fraction of sp³-hybridized carbons (Fsp3) is 0.312. The second kappa shape index (κ2) is 7.23. The molecule has 3 heterocycles. The van der Waals surface area contributed by atoms with Crippen molar-refractivity contribution in [1.82, 2.24) is 15.3 Å². The van der Waals surface area contributed by atoms with Gasteiger partial charge in [-0.2, -0.15) is 0 Å². The Labute approximate surface area is 139 Å². The number of rotatable bonds is 6. The summed E-state index contributed by atoms with van der Waals surface area (Å²) < 4.78 is 0. The summed E-state index contributed by atoms with van der Waals surface area (Å²) in [6.07, 6.45) is 6.07. The van der Waals surface area contributed by atoms with Crippen molar-refractivity contribution in [3.8, 4) is 0 Å². The molecule has 3 rings (SSSR count). The monoisotopic (exact) mass is 329 g/mol. The van der Waals surface area contributed by atoms with E-state index >= 15 is 0 Å². The number of nitrogens with zero attached hydrogens (tertiary/aromatic N) is 3. The molecule has 0 saturated carbocycles. The van der Waals surface area contributed by atoms with Crippen LogP contribution in [0.15, 0.2) is 43.2 Å². The van der Waals surface area contributed by atoms with Crippen LogP contribution in [0.2, 0.25) is 0 Å². The zero-order valence-corrected chi connectivity index (χ0v) is 13.6. The Kier molecular flexibility index (Phi) is 4.87. The molecule has 23 heavy (non-hydrogen) atoms. The van der Waals surface area contributed by atoms with E-state index in [1.54, 1.807) is 18.5 Å². The zero-order valence-electron chi connectivity index (χ0n) is 12.7. The van der Waals surface area contributed by atoms with Crippen molar-refractivity contribution in [3.63, 3.8) is 0 Å². The molecule has 0 aromatic carbocycles. The van der Waals surface area contributed by atoms with Gasteiger partial charge in [-0.3, -0.25) is 4.79 Å². The van der Waals surface area contributed by atoms with E-state index in [1.807, 2.05) is 18.2 Å². The molecule has 0 bridgehead atoms. The van der Waals surface area contributed by atoms with Gasteiger partial charge < -0.3 is 15.5 Å². The minimum absolute atomic E-state index is 0.0676. The first-order chi connectivity index (χ1) is 11.3. The minimum Gasteiger partial charge on any atom is -0.358 e. The first-order valence-electron chi connectivity index (χ1n) is 7.53. The lowest BCUT2D eigenvalue weighted by atomic mass is 10.2. The van der Waals surface area contributed by atoms with Crippen molar-refractivity contribution >= 4 is 28.2 Å². The Hall–Kier alpha value is -2.41. The van der Waals surface area contributed by atoms with Crippen LogP contribution >= 0.6 is 11.3 Å². The van der Waals surface area contributed by atoms with E-state index < -0.39 is 0 Å². The molecular weight excluding hydrogens is 310 g/mol. The summed E-state index contributed by atoms with van der Waals surface area (Å²) >= 11 is 1.35. The van der Waals surface area contributed by atoms with Crippen LogP contribution < -0.4 is 15.5 Å². The highest BCUT2D eigenvalue weighted by Gasteiger charge is 2.25. The molecule has 0 radical (unpaired) electrons. The molecule has 1 aliphatic heterocycles. The predicted molar refractivity (Wildman–Crippen MR) is 93.1 cm³/mol. The van der Waals surface area contributed by atoms with Gasteiger partial charge in [-0.15, -0.1) is 6.58 Å². The molecule has 6 nitrogen and oxygen atoms in total. The number of hydrogen-bond acceptors (Lipinski definition) is 6. The lowest BCUT2D eigenvalue weighted by Crippen LogP contribution is -2.36. The highest BCUT2D eigenvalue weighted by Crippen LogP contribution is 2.20. The highest BCUT2D eigenvalue weighted by atomic mass is 32.1. The minimum atomic E-state index is -0.0676. The van der Waals surface area contributed by atoms with Gasteiger partial charge in [-0.25, -0.2) is 9.97 Å². The van der Waals surface area contributed by atoms with Crippen molar-refractivity contribution in [2.75, 3.05) is 29.9 Å². The maximum absolute atomic E-state index is 12.3. The van der Waals surface area contributed by atoms with E-state index in [-0.39, 0.29) is 11.9 Å². The average molecular weight is 329 g/mol. The first-order valence-corrected chi connectivity index (χ1v) is 8.35. The van der Waals surface area contributed by atoms with E-state index in [0.29, 0.717) is 11.4 Å². The molecule has 1 saturated heterocycles. The van der Waals surface area contributed by atoms with E-state index in [1.165, 1.54) is 11.3 Å². The van der Waals surface area contributed by atoms with E-state index in [9.17, 15) is 4.79 Å². The summed E-state index contributed by atoms with van der Waals surface area (Å²) in [5.74, 6) is 0.889. The molecule has 1 amide bonds. The van der Waals surface area contributed by atoms with Crippen molar-refractivity contribution in [2.45, 2.75) is 12.5 Å². The number of thiazole rings is 1. The first kappa shape index (κ1) is 15.5. The molecule has 7 heteroatoms. The van der Waals surface area contributed by atoms with Crippen LogP contribution in [-0.4, -0.2) is 41.6 Å². The predicted octanol–water partition coefficient (Wildman–Crippen LogP) is 2.14. The maximum Gasteiger partial charge on any atom is 0.263 e. The quantitative estimate of drug-likeness (QED) is 0.795. The van der Waals surface area contributed by atoms with Gasteiger partial charge in [0.1, 0.15) is 10.7 Å². The van der Waals surface area contributed by atoms with Crippen molar-refractivity contribution in [3.05, 3.63) is 48.1 Å². The van der Waals surface area contributed by atoms with Crippen molar-refractivity contribution in [2.24, 2.45) is 0 Å². The van der Waals surface area contributed by atoms with Gasteiger partial charge in [0.05, 0.1) is 6.20 Å². The summed E-state index contributed by atoms with van der Waals surface area (Å²) in [6.45, 7) is 5.96. The largest absolute Gasteiger partial charge is 0.358 e. The van der Waals surface area contributed by atoms with Gasteiger partial charge in [0.25, 0.3) is 5.91 Å². The van der Waals surface area contributed by atoms with Crippen molar-refractivity contribution in [1.29, 1.82) is 0 Å². The van der Waals surface area contributed by atoms with Gasteiger partial charge in [0, 0.05) is 31.9 Å². The normalized spacial score (nSPS) is 17.0. The van der Waals surface area contributed by atoms with Crippen molar-refractivity contribution < 1.29 is 4.79 Å². The fourth-order valence-corrected chi connectivity index (χ4v) is 3.23. The second-order valence-electron chi connectivity index (χ2n) is 5.29. The van der Waals surface area contributed by atoms with Crippen LogP contribution in [0.3, 0.4) is 0 Å². The molecule has 0 aliphatic carbocycles. The Morgan fingerprint density at radius 1 is 1.48 bits per heavy atom. The van der Waals surface area contributed by atoms with E-state index in [0.717, 1.165) is 30.5 Å². The molecule has 2 N–H and O–H groups in total. The molecule has 1 fully saturated rings. The average Bonchev–Trinajstić information content (AvgIpc) is 3.23.